The van der Waals surface area contributed by atoms with Gasteiger partial charge in [-0.1, -0.05) is 45.9 Å². The Morgan fingerprint density at radius 3 is 2.42 bits per heavy atom. The number of piperazine rings is 1. The molecule has 3 aromatic carbocycles. The van der Waals surface area contributed by atoms with Crippen LogP contribution in [-0.2, 0) is 4.79 Å². The van der Waals surface area contributed by atoms with Gasteiger partial charge < -0.3 is 19.5 Å². The highest BCUT2D eigenvalue weighted by Crippen LogP contribution is 2.29. The Kier molecular flexibility index (Phi) is 8.45. The van der Waals surface area contributed by atoms with Gasteiger partial charge in [0, 0.05) is 52.1 Å². The summed E-state index contributed by atoms with van der Waals surface area (Å²) in [6.07, 6.45) is 0. The fourth-order valence-corrected chi connectivity index (χ4v) is 5.48. The normalized spacial score (nSPS) is 13.4. The third kappa shape index (κ3) is 6.46. The van der Waals surface area contributed by atoms with Crippen molar-refractivity contribution in [2.45, 2.75) is 5.22 Å². The van der Waals surface area contributed by atoms with E-state index in [1.165, 1.54) is 11.8 Å². The van der Waals surface area contributed by atoms with Crippen molar-refractivity contribution in [2.24, 2.45) is 0 Å². The van der Waals surface area contributed by atoms with Crippen molar-refractivity contribution in [2.75, 3.05) is 42.1 Å². The zero-order chi connectivity index (χ0) is 26.5. The maximum atomic E-state index is 12.8. The summed E-state index contributed by atoms with van der Waals surface area (Å²) in [5.41, 5.74) is 3.25. The van der Waals surface area contributed by atoms with Gasteiger partial charge in [0.15, 0.2) is 0 Å². The number of carbonyl (C=O) groups is 2. The highest BCUT2D eigenvalue weighted by Gasteiger charge is 2.22. The number of hydrogen-bond acceptors (Lipinski definition) is 7. The second kappa shape index (κ2) is 12.1. The summed E-state index contributed by atoms with van der Waals surface area (Å²) in [4.78, 5) is 29.4. The average Bonchev–Trinajstić information content (AvgIpc) is 3.41. The number of rotatable bonds is 7. The van der Waals surface area contributed by atoms with Crippen molar-refractivity contribution in [3.63, 3.8) is 0 Å². The molecule has 1 saturated heterocycles. The second-order valence-electron chi connectivity index (χ2n) is 8.53. The lowest BCUT2D eigenvalue weighted by atomic mass is 10.1. The summed E-state index contributed by atoms with van der Waals surface area (Å²) in [6, 6.07) is 22.8. The topological polar surface area (TPSA) is 91.6 Å². The van der Waals surface area contributed by atoms with Crippen LogP contribution in [0.2, 0.25) is 0 Å². The summed E-state index contributed by atoms with van der Waals surface area (Å²) in [6.45, 7) is 2.79. The smallest absolute Gasteiger partial charge is 0.277 e. The minimum Gasteiger partial charge on any atom is -0.411 e. The molecule has 2 heterocycles. The van der Waals surface area contributed by atoms with Crippen molar-refractivity contribution >= 4 is 66.8 Å². The summed E-state index contributed by atoms with van der Waals surface area (Å²) in [5.74, 6) is 0.428. The van der Waals surface area contributed by atoms with E-state index in [9.17, 15) is 9.59 Å². The number of hydrogen-bond donors (Lipinski definition) is 1. The standard InChI is InChI=1S/C27H23Br2N5O3S/c28-19-5-3-4-18(16-19)26(36)34-14-12-33(13-15-34)21-10-8-20(9-11-21)30-24(35)17-38-27-32-31-25(37-27)22-6-1-2-7-23(22)29/h1-11,16H,12-15,17H2,(H,30,35). The van der Waals surface area contributed by atoms with E-state index in [1.807, 2.05) is 77.7 Å². The van der Waals surface area contributed by atoms with Crippen LogP contribution in [0.25, 0.3) is 11.5 Å². The molecule has 194 valence electrons. The van der Waals surface area contributed by atoms with E-state index in [1.54, 1.807) is 0 Å². The van der Waals surface area contributed by atoms with E-state index in [2.05, 4.69) is 52.3 Å². The molecule has 5 rings (SSSR count). The van der Waals surface area contributed by atoms with E-state index >= 15 is 0 Å². The van der Waals surface area contributed by atoms with Gasteiger partial charge >= 0.3 is 0 Å². The summed E-state index contributed by atoms with van der Waals surface area (Å²) in [5, 5.41) is 11.3. The minimum absolute atomic E-state index is 0.0477. The van der Waals surface area contributed by atoms with Crippen LogP contribution in [0.1, 0.15) is 10.4 Å². The van der Waals surface area contributed by atoms with E-state index in [0.29, 0.717) is 35.5 Å². The average molecular weight is 657 g/mol. The molecule has 1 N–H and O–H groups in total. The van der Waals surface area contributed by atoms with Gasteiger partial charge in [0.1, 0.15) is 0 Å². The summed E-state index contributed by atoms with van der Waals surface area (Å²) >= 11 is 8.09. The number of halogens is 2. The van der Waals surface area contributed by atoms with Crippen LogP contribution in [0.5, 0.6) is 0 Å². The molecule has 1 fully saturated rings. The number of anilines is 2. The van der Waals surface area contributed by atoms with Gasteiger partial charge in [-0.3, -0.25) is 9.59 Å². The molecule has 1 aliphatic rings. The molecule has 0 spiro atoms. The van der Waals surface area contributed by atoms with Gasteiger partial charge in [0.05, 0.1) is 11.3 Å². The predicted octanol–water partition coefficient (Wildman–Crippen LogP) is 5.95. The fourth-order valence-electron chi connectivity index (χ4n) is 4.06. The van der Waals surface area contributed by atoms with Crippen LogP contribution in [0.3, 0.4) is 0 Å². The first-order chi connectivity index (χ1) is 18.5. The number of nitrogens with one attached hydrogen (secondary N) is 1. The van der Waals surface area contributed by atoms with Crippen LogP contribution >= 0.6 is 43.6 Å². The van der Waals surface area contributed by atoms with Crippen molar-refractivity contribution in [1.82, 2.24) is 15.1 Å². The molecule has 4 aromatic rings. The number of amides is 2. The number of nitrogens with zero attached hydrogens (tertiary/aromatic N) is 4. The van der Waals surface area contributed by atoms with Gasteiger partial charge in [-0.25, -0.2) is 0 Å². The molecule has 1 aromatic heterocycles. The number of benzene rings is 3. The highest BCUT2D eigenvalue weighted by atomic mass is 79.9. The molecule has 1 aliphatic heterocycles. The van der Waals surface area contributed by atoms with E-state index in [4.69, 9.17) is 4.42 Å². The van der Waals surface area contributed by atoms with Crippen LogP contribution in [0.4, 0.5) is 11.4 Å². The Balaban J connectivity index is 1.09. The zero-order valence-electron chi connectivity index (χ0n) is 20.1. The summed E-state index contributed by atoms with van der Waals surface area (Å²) < 4.78 is 7.44. The molecule has 0 radical (unpaired) electrons. The van der Waals surface area contributed by atoms with Crippen molar-refractivity contribution < 1.29 is 14.0 Å². The van der Waals surface area contributed by atoms with Crippen LogP contribution < -0.4 is 10.2 Å². The van der Waals surface area contributed by atoms with Gasteiger partial charge in [0.25, 0.3) is 11.1 Å². The monoisotopic (exact) mass is 655 g/mol. The first-order valence-corrected chi connectivity index (χ1v) is 14.4. The van der Waals surface area contributed by atoms with Gasteiger partial charge in [-0.15, -0.1) is 10.2 Å². The maximum Gasteiger partial charge on any atom is 0.277 e. The second-order valence-corrected chi connectivity index (χ2v) is 11.2. The highest BCUT2D eigenvalue weighted by molar-refractivity contribution is 9.10. The van der Waals surface area contributed by atoms with Gasteiger partial charge in [0.2, 0.25) is 11.8 Å². The van der Waals surface area contributed by atoms with Crippen molar-refractivity contribution in [1.29, 1.82) is 0 Å². The SMILES string of the molecule is O=C(CSc1nnc(-c2ccccc2Br)o1)Nc1ccc(N2CCN(C(=O)c3cccc(Br)c3)CC2)cc1. The molecule has 0 unspecified atom stereocenters. The lowest BCUT2D eigenvalue weighted by Gasteiger charge is -2.36. The van der Waals surface area contributed by atoms with Gasteiger partial charge in [-0.05, 0) is 70.5 Å². The molecular weight excluding hydrogens is 634 g/mol. The lowest BCUT2D eigenvalue weighted by Crippen LogP contribution is -2.48. The molecule has 2 amide bonds. The van der Waals surface area contributed by atoms with E-state index < -0.39 is 0 Å². The Morgan fingerprint density at radius 2 is 1.68 bits per heavy atom. The quantitative estimate of drug-likeness (QED) is 0.246. The molecule has 0 bridgehead atoms. The molecule has 8 nitrogen and oxygen atoms in total. The number of carbonyl (C=O) groups excluding carboxylic acids is 2. The van der Waals surface area contributed by atoms with Crippen LogP contribution in [0, 0.1) is 0 Å². The Morgan fingerprint density at radius 1 is 0.921 bits per heavy atom. The van der Waals surface area contributed by atoms with Crippen molar-refractivity contribution in [3.8, 4) is 11.5 Å². The Bertz CT molecular complexity index is 1440. The van der Waals surface area contributed by atoms with Gasteiger partial charge in [-0.2, -0.15) is 0 Å². The predicted molar refractivity (Wildman–Crippen MR) is 155 cm³/mol. The Hall–Kier alpha value is -3.15. The minimum atomic E-state index is -0.164. The number of aromatic nitrogens is 2. The largest absolute Gasteiger partial charge is 0.411 e. The molecule has 0 aliphatic carbocycles. The molecule has 38 heavy (non-hydrogen) atoms. The molecular formula is C27H23Br2N5O3S. The summed E-state index contributed by atoms with van der Waals surface area (Å²) in [7, 11) is 0. The first-order valence-electron chi connectivity index (χ1n) is 11.9. The third-order valence-electron chi connectivity index (χ3n) is 5.99. The number of thioether (sulfide) groups is 1. The first kappa shape index (κ1) is 26.5. The Labute approximate surface area is 241 Å². The van der Waals surface area contributed by atoms with Crippen LogP contribution in [-0.4, -0.2) is 58.8 Å². The third-order valence-corrected chi connectivity index (χ3v) is 8.00. The zero-order valence-corrected chi connectivity index (χ0v) is 24.1. The van der Waals surface area contributed by atoms with Crippen molar-refractivity contribution in [3.05, 3.63) is 87.3 Å². The van der Waals surface area contributed by atoms with Crippen LogP contribution in [0.15, 0.2) is 91.4 Å². The maximum absolute atomic E-state index is 12.8. The molecule has 11 heteroatoms. The van der Waals surface area contributed by atoms with E-state index in [0.717, 1.165) is 33.3 Å². The van der Waals surface area contributed by atoms with E-state index in [-0.39, 0.29) is 17.6 Å². The lowest BCUT2D eigenvalue weighted by molar-refractivity contribution is -0.113. The fraction of sp³-hybridized carbons (Fsp3) is 0.185. The molecule has 0 atom stereocenters. The molecule has 0 saturated carbocycles.